The van der Waals surface area contributed by atoms with Crippen molar-refractivity contribution in [2.75, 3.05) is 51.3 Å². The number of nitro benzene ring substituents is 1. The van der Waals surface area contributed by atoms with E-state index in [9.17, 15) is 10.1 Å². The molecule has 2 aromatic rings. The molecule has 0 unspecified atom stereocenters. The van der Waals surface area contributed by atoms with E-state index in [1.807, 2.05) is 6.07 Å². The zero-order chi connectivity index (χ0) is 20.5. The van der Waals surface area contributed by atoms with Crippen molar-refractivity contribution < 1.29 is 9.66 Å². The number of hydrogen-bond donors (Lipinski definition) is 1. The van der Waals surface area contributed by atoms with E-state index in [4.69, 9.17) is 9.73 Å². The molecule has 0 saturated carbocycles. The molecule has 0 aliphatic carbocycles. The minimum Gasteiger partial charge on any atom is -0.383 e. The van der Waals surface area contributed by atoms with E-state index in [0.29, 0.717) is 19.7 Å². The number of piperazine rings is 1. The fourth-order valence-electron chi connectivity index (χ4n) is 2.99. The van der Waals surface area contributed by atoms with E-state index >= 15 is 0 Å². The molecule has 2 heterocycles. The van der Waals surface area contributed by atoms with Crippen molar-refractivity contribution in [2.45, 2.75) is 6.54 Å². The topological polar surface area (TPSA) is 109 Å². The summed E-state index contributed by atoms with van der Waals surface area (Å²) in [7, 11) is 1.66. The predicted molar refractivity (Wildman–Crippen MR) is 110 cm³/mol. The Morgan fingerprint density at radius 1 is 1.21 bits per heavy atom. The third-order valence-corrected chi connectivity index (χ3v) is 4.56. The van der Waals surface area contributed by atoms with Crippen LogP contribution in [0.15, 0.2) is 47.7 Å². The number of nitrogens with one attached hydrogen (secondary N) is 1. The van der Waals surface area contributed by atoms with Crippen LogP contribution < -0.4 is 10.2 Å². The molecule has 3 rings (SSSR count). The summed E-state index contributed by atoms with van der Waals surface area (Å²) in [4.78, 5) is 28.1. The van der Waals surface area contributed by atoms with Crippen LogP contribution in [-0.2, 0) is 11.3 Å². The molecular formula is C19H25N7O3. The maximum absolute atomic E-state index is 10.8. The smallest absolute Gasteiger partial charge is 0.269 e. The lowest BCUT2D eigenvalue weighted by atomic mass is 10.2. The van der Waals surface area contributed by atoms with Gasteiger partial charge < -0.3 is 19.9 Å². The fourth-order valence-corrected chi connectivity index (χ4v) is 2.99. The molecule has 1 aromatic carbocycles. The monoisotopic (exact) mass is 399 g/mol. The molecule has 1 aliphatic heterocycles. The average molecular weight is 399 g/mol. The lowest BCUT2D eigenvalue weighted by Crippen LogP contribution is -2.53. The zero-order valence-corrected chi connectivity index (χ0v) is 16.4. The normalized spacial score (nSPS) is 14.7. The molecule has 0 amide bonds. The molecule has 0 radical (unpaired) electrons. The number of ether oxygens (including phenoxy) is 1. The summed E-state index contributed by atoms with van der Waals surface area (Å²) < 4.78 is 5.13. The number of benzene rings is 1. The molecule has 1 aromatic heterocycles. The van der Waals surface area contributed by atoms with Crippen molar-refractivity contribution in [1.29, 1.82) is 0 Å². The number of nitro groups is 1. The summed E-state index contributed by atoms with van der Waals surface area (Å²) >= 11 is 0. The molecule has 0 bridgehead atoms. The molecule has 10 nitrogen and oxygen atoms in total. The van der Waals surface area contributed by atoms with Crippen LogP contribution in [0.4, 0.5) is 11.6 Å². The number of anilines is 1. The highest BCUT2D eigenvalue weighted by Crippen LogP contribution is 2.13. The van der Waals surface area contributed by atoms with Crippen molar-refractivity contribution in [1.82, 2.24) is 20.2 Å². The number of aliphatic imine (C=N–C) groups is 1. The van der Waals surface area contributed by atoms with Gasteiger partial charge in [-0.3, -0.25) is 10.1 Å². The first-order chi connectivity index (χ1) is 14.2. The van der Waals surface area contributed by atoms with Crippen LogP contribution in [-0.4, -0.2) is 72.2 Å². The molecule has 1 aliphatic rings. The Balaban J connectivity index is 1.63. The summed E-state index contributed by atoms with van der Waals surface area (Å²) in [6, 6.07) is 8.28. The van der Waals surface area contributed by atoms with E-state index in [1.165, 1.54) is 12.1 Å². The largest absolute Gasteiger partial charge is 0.383 e. The van der Waals surface area contributed by atoms with Gasteiger partial charge in [0.1, 0.15) is 0 Å². The standard InChI is InChI=1S/C19H25N7O3/c1-29-14-9-22-19(23-15-16-3-5-17(6-4-16)26(27)28)25-12-10-24(11-13-25)18-20-7-2-8-21-18/h2-8H,9-15H2,1H3,(H,22,23). The van der Waals surface area contributed by atoms with Crippen LogP contribution in [0.1, 0.15) is 5.56 Å². The fraction of sp³-hybridized carbons (Fsp3) is 0.421. The van der Waals surface area contributed by atoms with Crippen molar-refractivity contribution in [2.24, 2.45) is 4.99 Å². The SMILES string of the molecule is COCCNC(=NCc1ccc([N+](=O)[O-])cc1)N1CCN(c2ncccn2)CC1. The highest BCUT2D eigenvalue weighted by Gasteiger charge is 2.21. The first kappa shape index (κ1) is 20.5. The van der Waals surface area contributed by atoms with Gasteiger partial charge in [-0.2, -0.15) is 0 Å². The Morgan fingerprint density at radius 3 is 2.52 bits per heavy atom. The second kappa shape index (κ2) is 10.3. The minimum atomic E-state index is -0.402. The van der Waals surface area contributed by atoms with Gasteiger partial charge >= 0.3 is 0 Å². The van der Waals surface area contributed by atoms with Crippen LogP contribution in [0.5, 0.6) is 0 Å². The number of non-ortho nitro benzene ring substituents is 1. The molecule has 154 valence electrons. The minimum absolute atomic E-state index is 0.0791. The van der Waals surface area contributed by atoms with Crippen molar-refractivity contribution in [3.05, 3.63) is 58.4 Å². The van der Waals surface area contributed by atoms with E-state index in [2.05, 4.69) is 25.1 Å². The van der Waals surface area contributed by atoms with Gasteiger partial charge in [0.2, 0.25) is 5.95 Å². The van der Waals surface area contributed by atoms with Crippen molar-refractivity contribution in [3.8, 4) is 0 Å². The zero-order valence-electron chi connectivity index (χ0n) is 16.4. The summed E-state index contributed by atoms with van der Waals surface area (Å²) in [6.07, 6.45) is 3.50. The summed E-state index contributed by atoms with van der Waals surface area (Å²) in [5, 5.41) is 14.1. The maximum Gasteiger partial charge on any atom is 0.269 e. The van der Waals surface area contributed by atoms with Crippen molar-refractivity contribution >= 4 is 17.6 Å². The van der Waals surface area contributed by atoms with Gasteiger partial charge in [-0.05, 0) is 11.6 Å². The van der Waals surface area contributed by atoms with Crippen LogP contribution in [0, 0.1) is 10.1 Å². The van der Waals surface area contributed by atoms with Gasteiger partial charge in [0.25, 0.3) is 5.69 Å². The average Bonchev–Trinajstić information content (AvgIpc) is 2.77. The second-order valence-corrected chi connectivity index (χ2v) is 6.51. The van der Waals surface area contributed by atoms with Gasteiger partial charge in [-0.15, -0.1) is 0 Å². The predicted octanol–water partition coefficient (Wildman–Crippen LogP) is 1.30. The number of hydrogen-bond acceptors (Lipinski definition) is 7. The third kappa shape index (κ3) is 5.85. The molecule has 0 spiro atoms. The van der Waals surface area contributed by atoms with Gasteiger partial charge in [-0.1, -0.05) is 12.1 Å². The first-order valence-electron chi connectivity index (χ1n) is 9.45. The molecule has 1 N–H and O–H groups in total. The number of nitrogens with zero attached hydrogens (tertiary/aromatic N) is 6. The van der Waals surface area contributed by atoms with E-state index < -0.39 is 4.92 Å². The van der Waals surface area contributed by atoms with E-state index in [1.54, 1.807) is 31.6 Å². The number of guanidine groups is 1. The van der Waals surface area contributed by atoms with Gasteiger partial charge in [0.15, 0.2) is 5.96 Å². The number of methoxy groups -OCH3 is 1. The maximum atomic E-state index is 10.8. The van der Waals surface area contributed by atoms with Gasteiger partial charge in [-0.25, -0.2) is 15.0 Å². The Kier molecular flexibility index (Phi) is 7.28. The highest BCUT2D eigenvalue weighted by atomic mass is 16.6. The number of rotatable bonds is 7. The Bertz CT molecular complexity index is 806. The lowest BCUT2D eigenvalue weighted by Gasteiger charge is -2.36. The summed E-state index contributed by atoms with van der Waals surface area (Å²) in [5.74, 6) is 1.54. The second-order valence-electron chi connectivity index (χ2n) is 6.51. The molecular weight excluding hydrogens is 374 g/mol. The molecule has 29 heavy (non-hydrogen) atoms. The molecule has 1 fully saturated rings. The highest BCUT2D eigenvalue weighted by molar-refractivity contribution is 5.80. The first-order valence-corrected chi connectivity index (χ1v) is 9.45. The summed E-state index contributed by atoms with van der Waals surface area (Å²) in [5.41, 5.74) is 0.994. The summed E-state index contributed by atoms with van der Waals surface area (Å²) in [6.45, 7) is 4.84. The molecule has 10 heteroatoms. The van der Waals surface area contributed by atoms with E-state index in [0.717, 1.165) is 43.7 Å². The van der Waals surface area contributed by atoms with Gasteiger partial charge in [0.05, 0.1) is 18.1 Å². The molecule has 1 saturated heterocycles. The van der Waals surface area contributed by atoms with Crippen LogP contribution in [0.2, 0.25) is 0 Å². The number of aromatic nitrogens is 2. The van der Waals surface area contributed by atoms with Gasteiger partial charge in [0, 0.05) is 64.4 Å². The van der Waals surface area contributed by atoms with E-state index in [-0.39, 0.29) is 5.69 Å². The third-order valence-electron chi connectivity index (χ3n) is 4.56. The Hall–Kier alpha value is -3.27. The van der Waals surface area contributed by atoms with Crippen LogP contribution in [0.25, 0.3) is 0 Å². The van der Waals surface area contributed by atoms with Crippen LogP contribution in [0.3, 0.4) is 0 Å². The molecule has 0 atom stereocenters. The quantitative estimate of drug-likeness (QED) is 0.244. The Labute approximate surface area is 169 Å². The lowest BCUT2D eigenvalue weighted by molar-refractivity contribution is -0.384. The van der Waals surface area contributed by atoms with Crippen LogP contribution >= 0.6 is 0 Å². The Morgan fingerprint density at radius 2 is 1.90 bits per heavy atom. The van der Waals surface area contributed by atoms with Crippen molar-refractivity contribution in [3.63, 3.8) is 0 Å².